The second kappa shape index (κ2) is 9.62. The number of thioether (sulfide) groups is 1. The van der Waals surface area contributed by atoms with Crippen LogP contribution in [0.15, 0.2) is 40.3 Å². The van der Waals surface area contributed by atoms with E-state index in [9.17, 15) is 14.4 Å². The van der Waals surface area contributed by atoms with Gasteiger partial charge in [-0.25, -0.2) is 4.98 Å². The summed E-state index contributed by atoms with van der Waals surface area (Å²) < 4.78 is 9.68. The lowest BCUT2D eigenvalue weighted by atomic mass is 10.2. The lowest BCUT2D eigenvalue weighted by Crippen LogP contribution is -2.25. The van der Waals surface area contributed by atoms with Gasteiger partial charge in [0.2, 0.25) is 5.91 Å². The second-order valence-corrected chi connectivity index (χ2v) is 6.18. The van der Waals surface area contributed by atoms with Crippen molar-refractivity contribution in [2.75, 3.05) is 20.0 Å². The van der Waals surface area contributed by atoms with Crippen molar-refractivity contribution >= 4 is 23.6 Å². The van der Waals surface area contributed by atoms with E-state index in [1.807, 2.05) is 24.3 Å². The highest BCUT2D eigenvalue weighted by atomic mass is 32.2. The molecule has 0 saturated carbocycles. The summed E-state index contributed by atoms with van der Waals surface area (Å²) in [5, 5.41) is 3.05. The first-order valence-corrected chi connectivity index (χ1v) is 8.68. The Labute approximate surface area is 154 Å². The number of carbonyl (C=O) groups is 2. The Bertz CT molecular complexity index is 837. The Balaban J connectivity index is 1.88. The lowest BCUT2D eigenvalue weighted by molar-refractivity contribution is -0.139. The first-order valence-electron chi connectivity index (χ1n) is 7.69. The second-order valence-electron chi connectivity index (χ2n) is 5.21. The van der Waals surface area contributed by atoms with Gasteiger partial charge in [0.1, 0.15) is 5.75 Å². The number of amides is 1. The first kappa shape index (κ1) is 19.5. The smallest absolute Gasteiger partial charge is 0.311 e. The van der Waals surface area contributed by atoms with Crippen molar-refractivity contribution in [2.24, 2.45) is 0 Å². The van der Waals surface area contributed by atoms with Gasteiger partial charge in [-0.3, -0.25) is 14.4 Å². The van der Waals surface area contributed by atoms with Crippen molar-refractivity contribution in [3.05, 3.63) is 51.9 Å². The molecule has 1 aromatic carbocycles. The molecule has 0 radical (unpaired) electrons. The lowest BCUT2D eigenvalue weighted by Gasteiger charge is -2.07. The molecule has 0 atom stereocenters. The topological polar surface area (TPSA) is 110 Å². The Kier molecular flexibility index (Phi) is 7.22. The van der Waals surface area contributed by atoms with Crippen molar-refractivity contribution < 1.29 is 19.1 Å². The molecule has 138 valence electrons. The van der Waals surface area contributed by atoms with Crippen LogP contribution in [0.25, 0.3) is 0 Å². The third-order valence-corrected chi connectivity index (χ3v) is 4.16. The van der Waals surface area contributed by atoms with Crippen molar-refractivity contribution in [3.8, 4) is 5.75 Å². The van der Waals surface area contributed by atoms with Gasteiger partial charge in [0.25, 0.3) is 5.56 Å². The Morgan fingerprint density at radius 2 is 2.08 bits per heavy atom. The molecular formula is C17H19N3O5S. The minimum absolute atomic E-state index is 0.0780. The highest BCUT2D eigenvalue weighted by Gasteiger charge is 2.09. The van der Waals surface area contributed by atoms with E-state index in [0.29, 0.717) is 12.2 Å². The number of methoxy groups -OCH3 is 2. The fourth-order valence-corrected chi connectivity index (χ4v) is 2.75. The SMILES string of the molecule is COC(=O)Cc1cc(=O)[nH]c(SCC(=O)NCc2cccc(OC)c2)n1. The number of aromatic nitrogens is 2. The fourth-order valence-electron chi connectivity index (χ4n) is 2.03. The number of esters is 1. The van der Waals surface area contributed by atoms with E-state index >= 15 is 0 Å². The molecule has 0 spiro atoms. The largest absolute Gasteiger partial charge is 0.497 e. The van der Waals surface area contributed by atoms with E-state index in [4.69, 9.17) is 4.74 Å². The Hall–Kier alpha value is -2.81. The van der Waals surface area contributed by atoms with Gasteiger partial charge < -0.3 is 19.8 Å². The number of hydrogen-bond acceptors (Lipinski definition) is 7. The van der Waals surface area contributed by atoms with Crippen LogP contribution in [0.2, 0.25) is 0 Å². The predicted octanol–water partition coefficient (Wildman–Crippen LogP) is 0.902. The number of hydrogen-bond donors (Lipinski definition) is 2. The number of carbonyl (C=O) groups excluding carboxylic acids is 2. The number of rotatable bonds is 8. The highest BCUT2D eigenvalue weighted by Crippen LogP contribution is 2.13. The summed E-state index contributed by atoms with van der Waals surface area (Å²) in [5.74, 6) is 0.0958. The average molecular weight is 377 g/mol. The standard InChI is InChI=1S/C17H19N3O5S/c1-24-13-5-3-4-11(6-13)9-18-15(22)10-26-17-19-12(7-14(21)20-17)8-16(23)25-2/h3-7H,8-10H2,1-2H3,(H,18,22)(H,19,20,21). The number of nitrogens with one attached hydrogen (secondary N) is 2. The molecule has 1 heterocycles. The molecular weight excluding hydrogens is 358 g/mol. The molecule has 0 aliphatic rings. The zero-order chi connectivity index (χ0) is 18.9. The molecule has 9 heteroatoms. The van der Waals surface area contributed by atoms with E-state index < -0.39 is 11.5 Å². The maximum absolute atomic E-state index is 12.0. The molecule has 0 saturated heterocycles. The predicted molar refractivity (Wildman–Crippen MR) is 96.1 cm³/mol. The zero-order valence-electron chi connectivity index (χ0n) is 14.4. The minimum Gasteiger partial charge on any atom is -0.497 e. The van der Waals surface area contributed by atoms with Crippen LogP contribution < -0.4 is 15.6 Å². The number of aromatic amines is 1. The van der Waals surface area contributed by atoms with Crippen LogP contribution in [0.1, 0.15) is 11.3 Å². The summed E-state index contributed by atoms with van der Waals surface area (Å²) in [4.78, 5) is 41.6. The van der Waals surface area contributed by atoms with Gasteiger partial charge in [-0.1, -0.05) is 23.9 Å². The molecule has 0 fully saturated rings. The van der Waals surface area contributed by atoms with Gasteiger partial charge in [0.15, 0.2) is 5.16 Å². The number of H-pyrrole nitrogens is 1. The monoisotopic (exact) mass is 377 g/mol. The molecule has 0 unspecified atom stereocenters. The molecule has 1 aromatic heterocycles. The van der Waals surface area contributed by atoms with Gasteiger partial charge in [-0.05, 0) is 17.7 Å². The molecule has 0 aliphatic carbocycles. The molecule has 2 aromatic rings. The minimum atomic E-state index is -0.491. The van der Waals surface area contributed by atoms with E-state index in [1.165, 1.54) is 13.2 Å². The van der Waals surface area contributed by atoms with Gasteiger partial charge in [-0.15, -0.1) is 0 Å². The third kappa shape index (κ3) is 6.25. The van der Waals surface area contributed by atoms with Crippen LogP contribution in [-0.2, 0) is 27.3 Å². The van der Waals surface area contributed by atoms with Crippen molar-refractivity contribution in [1.82, 2.24) is 15.3 Å². The Morgan fingerprint density at radius 1 is 1.27 bits per heavy atom. The van der Waals surface area contributed by atoms with Gasteiger partial charge in [-0.2, -0.15) is 0 Å². The quantitative estimate of drug-likeness (QED) is 0.399. The zero-order valence-corrected chi connectivity index (χ0v) is 15.2. The molecule has 0 bridgehead atoms. The van der Waals surface area contributed by atoms with Crippen LogP contribution in [0.5, 0.6) is 5.75 Å². The summed E-state index contributed by atoms with van der Waals surface area (Å²) in [7, 11) is 2.84. The summed E-state index contributed by atoms with van der Waals surface area (Å²) in [6.07, 6.45) is -0.101. The normalized spacial score (nSPS) is 10.2. The number of nitrogens with zero attached hydrogens (tertiary/aromatic N) is 1. The van der Waals surface area contributed by atoms with Gasteiger partial charge >= 0.3 is 5.97 Å². The van der Waals surface area contributed by atoms with Crippen molar-refractivity contribution in [3.63, 3.8) is 0 Å². The Morgan fingerprint density at radius 3 is 2.81 bits per heavy atom. The van der Waals surface area contributed by atoms with Crippen LogP contribution >= 0.6 is 11.8 Å². The van der Waals surface area contributed by atoms with E-state index in [0.717, 1.165) is 23.1 Å². The summed E-state index contributed by atoms with van der Waals surface area (Å²) in [6.45, 7) is 0.364. The van der Waals surface area contributed by atoms with E-state index in [1.54, 1.807) is 7.11 Å². The van der Waals surface area contributed by atoms with Crippen LogP contribution in [0.4, 0.5) is 0 Å². The average Bonchev–Trinajstić information content (AvgIpc) is 2.64. The van der Waals surface area contributed by atoms with Gasteiger partial charge in [0, 0.05) is 12.6 Å². The third-order valence-electron chi connectivity index (χ3n) is 3.29. The van der Waals surface area contributed by atoms with Gasteiger partial charge in [0.05, 0.1) is 32.1 Å². The molecule has 2 rings (SSSR count). The molecule has 0 aliphatic heterocycles. The summed E-state index contributed by atoms with van der Waals surface area (Å²) in [6, 6.07) is 8.61. The molecule has 2 N–H and O–H groups in total. The summed E-state index contributed by atoms with van der Waals surface area (Å²) >= 11 is 1.08. The van der Waals surface area contributed by atoms with Crippen molar-refractivity contribution in [2.45, 2.75) is 18.1 Å². The fraction of sp³-hybridized carbons (Fsp3) is 0.294. The van der Waals surface area contributed by atoms with Crippen LogP contribution in [0.3, 0.4) is 0 Å². The molecule has 8 nitrogen and oxygen atoms in total. The highest BCUT2D eigenvalue weighted by molar-refractivity contribution is 7.99. The van der Waals surface area contributed by atoms with Crippen molar-refractivity contribution in [1.29, 1.82) is 0 Å². The maximum Gasteiger partial charge on any atom is 0.311 e. The number of benzene rings is 1. The number of ether oxygens (including phenoxy) is 2. The van der Waals surface area contributed by atoms with Crippen LogP contribution in [-0.4, -0.2) is 41.8 Å². The summed E-state index contributed by atoms with van der Waals surface area (Å²) in [5.41, 5.74) is 0.812. The maximum atomic E-state index is 12.0. The molecule has 26 heavy (non-hydrogen) atoms. The van der Waals surface area contributed by atoms with Crippen LogP contribution in [0, 0.1) is 0 Å². The molecule has 1 amide bonds. The van der Waals surface area contributed by atoms with E-state index in [-0.39, 0.29) is 23.2 Å². The first-order chi connectivity index (χ1) is 12.5. The van der Waals surface area contributed by atoms with E-state index in [2.05, 4.69) is 20.0 Å².